The van der Waals surface area contributed by atoms with Crippen LogP contribution in [0.25, 0.3) is 5.69 Å². The van der Waals surface area contributed by atoms with E-state index in [-0.39, 0.29) is 6.10 Å². The van der Waals surface area contributed by atoms with E-state index in [9.17, 15) is 5.11 Å². The van der Waals surface area contributed by atoms with Gasteiger partial charge in [-0.3, -0.25) is 0 Å². The molecule has 1 aromatic heterocycles. The van der Waals surface area contributed by atoms with Crippen LogP contribution in [0.4, 0.5) is 0 Å². The molecule has 0 fully saturated rings. The first-order valence-corrected chi connectivity index (χ1v) is 7.11. The number of fused-ring (bicyclic) bond motifs is 1. The molecule has 2 aromatic rings. The molecule has 18 heavy (non-hydrogen) atoms. The van der Waals surface area contributed by atoms with Crippen LogP contribution in [-0.2, 0) is 6.42 Å². The molecule has 0 spiro atoms. The number of nitrogens with zero attached hydrogens (tertiary/aromatic N) is 1. The smallest absolute Gasteiger partial charge is 0.0807 e. The maximum atomic E-state index is 10.1. The SMILES string of the molecule is Cc1cc2c(n1-c1cccc(Br)c1)CCCC2O. The summed E-state index contributed by atoms with van der Waals surface area (Å²) in [5.74, 6) is 0. The summed E-state index contributed by atoms with van der Waals surface area (Å²) < 4.78 is 3.35. The maximum Gasteiger partial charge on any atom is 0.0807 e. The van der Waals surface area contributed by atoms with Crippen LogP contribution in [-0.4, -0.2) is 9.67 Å². The summed E-state index contributed by atoms with van der Waals surface area (Å²) in [6.45, 7) is 2.10. The molecule has 1 heterocycles. The lowest BCUT2D eigenvalue weighted by Crippen LogP contribution is -2.11. The highest BCUT2D eigenvalue weighted by molar-refractivity contribution is 9.10. The minimum Gasteiger partial charge on any atom is -0.388 e. The van der Waals surface area contributed by atoms with E-state index in [2.05, 4.69) is 45.6 Å². The molecule has 0 radical (unpaired) electrons. The van der Waals surface area contributed by atoms with Crippen molar-refractivity contribution in [3.63, 3.8) is 0 Å². The van der Waals surface area contributed by atoms with Gasteiger partial charge in [-0.2, -0.15) is 0 Å². The molecule has 1 atom stereocenters. The number of aliphatic hydroxyl groups excluding tert-OH is 1. The number of hydrogen-bond acceptors (Lipinski definition) is 1. The van der Waals surface area contributed by atoms with Gasteiger partial charge in [-0.05, 0) is 50.5 Å². The van der Waals surface area contributed by atoms with Crippen molar-refractivity contribution in [2.45, 2.75) is 32.3 Å². The van der Waals surface area contributed by atoms with Crippen molar-refractivity contribution in [2.24, 2.45) is 0 Å². The zero-order chi connectivity index (χ0) is 12.7. The predicted octanol–water partition coefficient (Wildman–Crippen LogP) is 3.92. The van der Waals surface area contributed by atoms with Crippen molar-refractivity contribution in [3.05, 3.63) is 51.8 Å². The molecular weight excluding hydrogens is 290 g/mol. The molecule has 2 nitrogen and oxygen atoms in total. The van der Waals surface area contributed by atoms with Crippen molar-refractivity contribution < 1.29 is 5.11 Å². The number of halogens is 1. The number of benzene rings is 1. The van der Waals surface area contributed by atoms with Gasteiger partial charge in [-0.25, -0.2) is 0 Å². The summed E-state index contributed by atoms with van der Waals surface area (Å²) in [5, 5.41) is 10.1. The molecule has 1 unspecified atom stereocenters. The second kappa shape index (κ2) is 4.56. The first-order chi connectivity index (χ1) is 8.66. The number of aliphatic hydroxyl groups is 1. The number of aromatic nitrogens is 1. The molecule has 3 heteroatoms. The van der Waals surface area contributed by atoms with Gasteiger partial charge in [0.2, 0.25) is 0 Å². The monoisotopic (exact) mass is 305 g/mol. The first kappa shape index (κ1) is 12.0. The topological polar surface area (TPSA) is 25.2 Å². The molecule has 1 aliphatic rings. The van der Waals surface area contributed by atoms with E-state index in [0.29, 0.717) is 0 Å². The average Bonchev–Trinajstić information content (AvgIpc) is 2.67. The van der Waals surface area contributed by atoms with E-state index >= 15 is 0 Å². The van der Waals surface area contributed by atoms with Crippen molar-refractivity contribution in [2.75, 3.05) is 0 Å². The van der Waals surface area contributed by atoms with Crippen molar-refractivity contribution in [1.29, 1.82) is 0 Å². The standard InChI is InChI=1S/C15H16BrNO/c1-10-8-13-14(6-3-7-15(13)18)17(10)12-5-2-4-11(16)9-12/h2,4-5,8-9,15,18H,3,6-7H2,1H3. The first-order valence-electron chi connectivity index (χ1n) is 6.32. The van der Waals surface area contributed by atoms with E-state index in [4.69, 9.17) is 0 Å². The fourth-order valence-electron chi connectivity index (χ4n) is 2.85. The zero-order valence-electron chi connectivity index (χ0n) is 10.4. The molecule has 0 bridgehead atoms. The van der Waals surface area contributed by atoms with Crippen LogP contribution in [0.1, 0.15) is 35.9 Å². The Labute approximate surface area is 115 Å². The molecule has 94 valence electrons. The number of hydrogen-bond donors (Lipinski definition) is 1. The predicted molar refractivity (Wildman–Crippen MR) is 76.1 cm³/mol. The molecule has 3 rings (SSSR count). The third-order valence-corrected chi connectivity index (χ3v) is 4.13. The van der Waals surface area contributed by atoms with Crippen LogP contribution in [0.2, 0.25) is 0 Å². The molecule has 1 aromatic carbocycles. The minimum absolute atomic E-state index is 0.291. The summed E-state index contributed by atoms with van der Waals surface area (Å²) in [6.07, 6.45) is 2.70. The third kappa shape index (κ3) is 1.91. The Morgan fingerprint density at radius 2 is 2.17 bits per heavy atom. The molecule has 0 amide bonds. The fourth-order valence-corrected chi connectivity index (χ4v) is 3.24. The molecule has 0 aliphatic heterocycles. The van der Waals surface area contributed by atoms with E-state index in [0.717, 1.165) is 35.0 Å². The molecule has 1 N–H and O–H groups in total. The van der Waals surface area contributed by atoms with Gasteiger partial charge in [0, 0.05) is 27.1 Å². The summed E-state index contributed by atoms with van der Waals surface area (Å²) in [7, 11) is 0. The van der Waals surface area contributed by atoms with Crippen molar-refractivity contribution in [3.8, 4) is 5.69 Å². The minimum atomic E-state index is -0.291. The van der Waals surface area contributed by atoms with Crippen LogP contribution >= 0.6 is 15.9 Å². The summed E-state index contributed by atoms with van der Waals surface area (Å²) in [5.41, 5.74) is 4.74. The van der Waals surface area contributed by atoms with Crippen molar-refractivity contribution in [1.82, 2.24) is 4.57 Å². The summed E-state index contributed by atoms with van der Waals surface area (Å²) in [6, 6.07) is 10.4. The Morgan fingerprint density at radius 1 is 1.33 bits per heavy atom. The highest BCUT2D eigenvalue weighted by atomic mass is 79.9. The van der Waals surface area contributed by atoms with Gasteiger partial charge < -0.3 is 9.67 Å². The Morgan fingerprint density at radius 3 is 2.94 bits per heavy atom. The van der Waals surface area contributed by atoms with Crippen LogP contribution in [0.5, 0.6) is 0 Å². The normalized spacial score (nSPS) is 18.7. The van der Waals surface area contributed by atoms with Crippen molar-refractivity contribution >= 4 is 15.9 Å². The second-order valence-electron chi connectivity index (χ2n) is 4.91. The van der Waals surface area contributed by atoms with Crippen LogP contribution in [0.15, 0.2) is 34.8 Å². The fraction of sp³-hybridized carbons (Fsp3) is 0.333. The Kier molecular flexibility index (Phi) is 3.04. The highest BCUT2D eigenvalue weighted by Gasteiger charge is 2.23. The van der Waals surface area contributed by atoms with E-state index < -0.39 is 0 Å². The lowest BCUT2D eigenvalue weighted by atomic mass is 9.95. The Hall–Kier alpha value is -1.06. The Balaban J connectivity index is 2.18. The van der Waals surface area contributed by atoms with E-state index in [1.807, 2.05) is 12.1 Å². The molecule has 0 saturated heterocycles. The van der Waals surface area contributed by atoms with Gasteiger partial charge in [0.25, 0.3) is 0 Å². The zero-order valence-corrected chi connectivity index (χ0v) is 11.9. The van der Waals surface area contributed by atoms with Crippen LogP contribution < -0.4 is 0 Å². The van der Waals surface area contributed by atoms with Crippen LogP contribution in [0, 0.1) is 6.92 Å². The third-order valence-electron chi connectivity index (χ3n) is 3.64. The maximum absolute atomic E-state index is 10.1. The lowest BCUT2D eigenvalue weighted by molar-refractivity contribution is 0.156. The van der Waals surface area contributed by atoms with Gasteiger partial charge >= 0.3 is 0 Å². The lowest BCUT2D eigenvalue weighted by Gasteiger charge is -2.20. The van der Waals surface area contributed by atoms with Crippen LogP contribution in [0.3, 0.4) is 0 Å². The summed E-state index contributed by atoms with van der Waals surface area (Å²) >= 11 is 3.52. The summed E-state index contributed by atoms with van der Waals surface area (Å²) in [4.78, 5) is 0. The quantitative estimate of drug-likeness (QED) is 0.849. The molecular formula is C15H16BrNO. The largest absolute Gasteiger partial charge is 0.388 e. The highest BCUT2D eigenvalue weighted by Crippen LogP contribution is 2.34. The van der Waals surface area contributed by atoms with Gasteiger partial charge in [-0.1, -0.05) is 22.0 Å². The van der Waals surface area contributed by atoms with E-state index in [1.165, 1.54) is 11.4 Å². The van der Waals surface area contributed by atoms with Gasteiger partial charge in [0.1, 0.15) is 0 Å². The Bertz CT molecular complexity index is 588. The van der Waals surface area contributed by atoms with E-state index in [1.54, 1.807) is 0 Å². The van der Waals surface area contributed by atoms with Gasteiger partial charge in [0.05, 0.1) is 6.10 Å². The van der Waals surface area contributed by atoms with Gasteiger partial charge in [-0.15, -0.1) is 0 Å². The average molecular weight is 306 g/mol. The molecule has 0 saturated carbocycles. The second-order valence-corrected chi connectivity index (χ2v) is 5.83. The van der Waals surface area contributed by atoms with Gasteiger partial charge in [0.15, 0.2) is 0 Å². The number of rotatable bonds is 1. The number of aryl methyl sites for hydroxylation is 1. The molecule has 1 aliphatic carbocycles.